The van der Waals surface area contributed by atoms with Gasteiger partial charge in [-0.25, -0.2) is 0 Å². The summed E-state index contributed by atoms with van der Waals surface area (Å²) < 4.78 is 3.08. The third kappa shape index (κ3) is 1.77. The van der Waals surface area contributed by atoms with Crippen LogP contribution in [0.3, 0.4) is 0 Å². The topological polar surface area (TPSA) is 37.6 Å². The molecule has 0 N–H and O–H groups in total. The molecule has 0 aliphatic heterocycles. The molecule has 0 unspecified atom stereocenters. The molecule has 0 aliphatic rings. The summed E-state index contributed by atoms with van der Waals surface area (Å²) in [5.74, 6) is 0. The number of rotatable bonds is 1. The van der Waals surface area contributed by atoms with Crippen molar-refractivity contribution in [1.29, 1.82) is 0 Å². The van der Waals surface area contributed by atoms with Gasteiger partial charge in [0.25, 0.3) is 0 Å². The molecule has 9 heavy (non-hydrogen) atoms. The first kappa shape index (κ1) is 6.16. The average molecular weight is 142 g/mol. The Morgan fingerprint density at radius 1 is 1.33 bits per heavy atom. The second-order valence-corrected chi connectivity index (χ2v) is 1.53. The summed E-state index contributed by atoms with van der Waals surface area (Å²) in [6.45, 7) is 0. The molecule has 1 aromatic rings. The van der Waals surface area contributed by atoms with E-state index in [4.69, 9.17) is 11.8 Å². The van der Waals surface area contributed by atoms with Crippen LogP contribution in [0.15, 0.2) is 34.3 Å². The van der Waals surface area contributed by atoms with Crippen LogP contribution in [-0.4, -0.2) is 4.98 Å². The SMILES string of the molecule is ClN=Nc1ccncc1. The van der Waals surface area contributed by atoms with E-state index in [2.05, 4.69) is 14.7 Å². The highest BCUT2D eigenvalue weighted by molar-refractivity contribution is 6.14. The van der Waals surface area contributed by atoms with E-state index < -0.39 is 0 Å². The molecular weight excluding hydrogens is 138 g/mol. The Labute approximate surface area is 57.5 Å². The van der Waals surface area contributed by atoms with Crippen molar-refractivity contribution in [2.45, 2.75) is 0 Å². The number of pyridine rings is 1. The first-order valence-electron chi connectivity index (χ1n) is 2.35. The van der Waals surface area contributed by atoms with Gasteiger partial charge in [0, 0.05) is 12.4 Å². The van der Waals surface area contributed by atoms with Gasteiger partial charge >= 0.3 is 0 Å². The molecule has 1 aromatic heterocycles. The van der Waals surface area contributed by atoms with Crippen LogP contribution >= 0.6 is 11.8 Å². The zero-order valence-electron chi connectivity index (χ0n) is 4.53. The van der Waals surface area contributed by atoms with Crippen molar-refractivity contribution in [3.05, 3.63) is 24.5 Å². The van der Waals surface area contributed by atoms with Gasteiger partial charge in [-0.1, -0.05) is 4.63 Å². The molecule has 0 amide bonds. The van der Waals surface area contributed by atoms with Crippen molar-refractivity contribution in [2.75, 3.05) is 0 Å². The number of aromatic nitrogens is 1. The fourth-order valence-electron chi connectivity index (χ4n) is 0.454. The summed E-state index contributed by atoms with van der Waals surface area (Å²) in [6.07, 6.45) is 3.25. The van der Waals surface area contributed by atoms with Gasteiger partial charge in [0.05, 0.1) is 17.5 Å². The predicted molar refractivity (Wildman–Crippen MR) is 34.6 cm³/mol. The molecule has 0 spiro atoms. The van der Waals surface area contributed by atoms with E-state index in [1.165, 1.54) is 0 Å². The van der Waals surface area contributed by atoms with Crippen molar-refractivity contribution >= 4 is 17.5 Å². The zero-order valence-corrected chi connectivity index (χ0v) is 5.28. The molecule has 0 radical (unpaired) electrons. The van der Waals surface area contributed by atoms with Crippen LogP contribution in [0.25, 0.3) is 0 Å². The Kier molecular flexibility index (Phi) is 2.15. The van der Waals surface area contributed by atoms with Gasteiger partial charge in [0.2, 0.25) is 0 Å². The largest absolute Gasteiger partial charge is 0.265 e. The summed E-state index contributed by atoms with van der Waals surface area (Å²) in [6, 6.07) is 3.43. The molecule has 1 heterocycles. The molecule has 0 saturated heterocycles. The van der Waals surface area contributed by atoms with Gasteiger partial charge in [0.1, 0.15) is 0 Å². The molecule has 0 fully saturated rings. The molecule has 3 nitrogen and oxygen atoms in total. The fraction of sp³-hybridized carbons (Fsp3) is 0. The highest BCUT2D eigenvalue weighted by Crippen LogP contribution is 2.08. The lowest BCUT2D eigenvalue weighted by Gasteiger charge is -1.83. The number of hydrogen-bond donors (Lipinski definition) is 0. The summed E-state index contributed by atoms with van der Waals surface area (Å²) in [5, 5.41) is 3.56. The molecule has 0 aliphatic carbocycles. The quantitative estimate of drug-likeness (QED) is 0.553. The number of halogens is 1. The first-order valence-corrected chi connectivity index (χ1v) is 2.69. The van der Waals surface area contributed by atoms with Crippen LogP contribution in [0.5, 0.6) is 0 Å². The lowest BCUT2D eigenvalue weighted by atomic mass is 10.4. The van der Waals surface area contributed by atoms with Crippen LogP contribution in [0.4, 0.5) is 5.69 Å². The molecule has 0 saturated carbocycles. The molecule has 0 atom stereocenters. The van der Waals surface area contributed by atoms with Crippen molar-refractivity contribution in [3.63, 3.8) is 0 Å². The van der Waals surface area contributed by atoms with E-state index in [0.29, 0.717) is 5.69 Å². The minimum absolute atomic E-state index is 0.708. The smallest absolute Gasteiger partial charge is 0.0898 e. The van der Waals surface area contributed by atoms with E-state index >= 15 is 0 Å². The van der Waals surface area contributed by atoms with Gasteiger partial charge in [-0.2, -0.15) is 0 Å². The molecule has 46 valence electrons. The Balaban J connectivity index is 2.85. The van der Waals surface area contributed by atoms with Gasteiger partial charge < -0.3 is 0 Å². The zero-order chi connectivity index (χ0) is 6.53. The Morgan fingerprint density at radius 3 is 2.56 bits per heavy atom. The van der Waals surface area contributed by atoms with E-state index in [-0.39, 0.29) is 0 Å². The standard InChI is InChI=1S/C5H4ClN3/c6-9-8-5-1-3-7-4-2-5/h1-4H. The molecule has 1 rings (SSSR count). The lowest BCUT2D eigenvalue weighted by molar-refractivity contribution is 1.26. The minimum Gasteiger partial charge on any atom is -0.265 e. The summed E-state index contributed by atoms with van der Waals surface area (Å²) >= 11 is 4.97. The number of hydrogen-bond acceptors (Lipinski definition) is 3. The number of nitrogens with zero attached hydrogens (tertiary/aromatic N) is 3. The summed E-state index contributed by atoms with van der Waals surface area (Å²) in [7, 11) is 0. The van der Waals surface area contributed by atoms with Crippen molar-refractivity contribution in [2.24, 2.45) is 9.75 Å². The molecule has 4 heteroatoms. The monoisotopic (exact) mass is 141 g/mol. The van der Waals surface area contributed by atoms with Crippen LogP contribution < -0.4 is 0 Å². The maximum Gasteiger partial charge on any atom is 0.0898 e. The van der Waals surface area contributed by atoms with Crippen LogP contribution in [0.1, 0.15) is 0 Å². The van der Waals surface area contributed by atoms with E-state index in [1.807, 2.05) is 0 Å². The van der Waals surface area contributed by atoms with Crippen LogP contribution in [-0.2, 0) is 0 Å². The van der Waals surface area contributed by atoms with E-state index in [9.17, 15) is 0 Å². The highest BCUT2D eigenvalue weighted by atomic mass is 35.5. The molecule has 0 bridgehead atoms. The first-order chi connectivity index (χ1) is 4.43. The lowest BCUT2D eigenvalue weighted by Crippen LogP contribution is -1.64. The average Bonchev–Trinajstić information content (AvgIpc) is 1.91. The van der Waals surface area contributed by atoms with E-state index in [0.717, 1.165) is 0 Å². The Morgan fingerprint density at radius 2 is 2.00 bits per heavy atom. The Hall–Kier alpha value is -0.960. The predicted octanol–water partition coefficient (Wildman–Crippen LogP) is 2.32. The third-order valence-electron chi connectivity index (χ3n) is 0.816. The van der Waals surface area contributed by atoms with Gasteiger partial charge in [-0.05, 0) is 12.1 Å². The Bertz CT molecular complexity index is 197. The molecular formula is C5H4ClN3. The fourth-order valence-corrected chi connectivity index (χ4v) is 0.542. The summed E-state index contributed by atoms with van der Waals surface area (Å²) in [5.41, 5.74) is 0.708. The van der Waals surface area contributed by atoms with Crippen molar-refractivity contribution in [3.8, 4) is 0 Å². The van der Waals surface area contributed by atoms with Gasteiger partial charge in [-0.3, -0.25) is 4.98 Å². The van der Waals surface area contributed by atoms with Crippen molar-refractivity contribution in [1.82, 2.24) is 4.98 Å². The van der Waals surface area contributed by atoms with Crippen molar-refractivity contribution < 1.29 is 0 Å². The normalized spacial score (nSPS) is 10.3. The minimum atomic E-state index is 0.708. The second kappa shape index (κ2) is 3.14. The third-order valence-corrected chi connectivity index (χ3v) is 0.892. The van der Waals surface area contributed by atoms with E-state index in [1.54, 1.807) is 24.5 Å². The maximum atomic E-state index is 4.97. The maximum absolute atomic E-state index is 4.97. The van der Waals surface area contributed by atoms with Crippen LogP contribution in [0, 0.1) is 0 Å². The van der Waals surface area contributed by atoms with Gasteiger partial charge in [-0.15, -0.1) is 5.11 Å². The van der Waals surface area contributed by atoms with Crippen LogP contribution in [0.2, 0.25) is 0 Å². The summed E-state index contributed by atoms with van der Waals surface area (Å²) in [4.78, 5) is 3.78. The van der Waals surface area contributed by atoms with Gasteiger partial charge in [0.15, 0.2) is 0 Å². The second-order valence-electron chi connectivity index (χ2n) is 1.38. The molecule has 0 aromatic carbocycles. The highest BCUT2D eigenvalue weighted by Gasteiger charge is 1.81.